The SMILES string of the molecule is CNC(=O)OC(C(=O)NC)c1ccc(OC)cc1. The first-order valence-corrected chi connectivity index (χ1v) is 5.36. The number of likely N-dealkylation sites (N-methyl/N-ethyl adjacent to an activating group) is 1. The zero-order valence-corrected chi connectivity index (χ0v) is 10.5. The maximum Gasteiger partial charge on any atom is 0.408 e. The summed E-state index contributed by atoms with van der Waals surface area (Å²) in [6.45, 7) is 0. The standard InChI is InChI=1S/C12H16N2O4/c1-13-11(15)10(18-12(16)14-2)8-4-6-9(17-3)7-5-8/h4-7,10H,1-3H3,(H,13,15)(H,14,16). The van der Waals surface area contributed by atoms with Crippen LogP contribution < -0.4 is 15.4 Å². The first-order chi connectivity index (χ1) is 8.62. The number of nitrogens with one attached hydrogen (secondary N) is 2. The van der Waals surface area contributed by atoms with Gasteiger partial charge >= 0.3 is 6.09 Å². The lowest BCUT2D eigenvalue weighted by Gasteiger charge is -2.16. The number of hydrogen-bond acceptors (Lipinski definition) is 4. The molecule has 0 spiro atoms. The van der Waals surface area contributed by atoms with E-state index < -0.39 is 18.1 Å². The second-order valence-corrected chi connectivity index (χ2v) is 3.42. The molecule has 1 unspecified atom stereocenters. The Morgan fingerprint density at radius 2 is 1.72 bits per heavy atom. The van der Waals surface area contributed by atoms with Crippen LogP contribution >= 0.6 is 0 Å². The van der Waals surface area contributed by atoms with E-state index >= 15 is 0 Å². The van der Waals surface area contributed by atoms with Gasteiger partial charge < -0.3 is 20.1 Å². The van der Waals surface area contributed by atoms with Gasteiger partial charge in [-0.3, -0.25) is 4.79 Å². The summed E-state index contributed by atoms with van der Waals surface area (Å²) in [5.74, 6) is 0.262. The third kappa shape index (κ3) is 3.38. The van der Waals surface area contributed by atoms with Gasteiger partial charge in [-0.05, 0) is 12.1 Å². The van der Waals surface area contributed by atoms with Gasteiger partial charge in [-0.2, -0.15) is 0 Å². The molecule has 1 atom stereocenters. The van der Waals surface area contributed by atoms with Gasteiger partial charge in [0.1, 0.15) is 5.75 Å². The Kier molecular flexibility index (Phi) is 4.98. The normalized spacial score (nSPS) is 11.3. The minimum absolute atomic E-state index is 0.399. The van der Waals surface area contributed by atoms with Crippen molar-refractivity contribution in [1.82, 2.24) is 10.6 Å². The van der Waals surface area contributed by atoms with Crippen molar-refractivity contribution in [3.8, 4) is 5.75 Å². The first kappa shape index (κ1) is 13.8. The third-order valence-electron chi connectivity index (χ3n) is 2.33. The Hall–Kier alpha value is -2.24. The quantitative estimate of drug-likeness (QED) is 0.832. The van der Waals surface area contributed by atoms with Crippen LogP contribution in [0.25, 0.3) is 0 Å². The molecule has 2 amide bonds. The molecule has 1 aromatic rings. The Morgan fingerprint density at radius 1 is 1.11 bits per heavy atom. The Labute approximate surface area is 105 Å². The number of methoxy groups -OCH3 is 1. The van der Waals surface area contributed by atoms with E-state index in [1.54, 1.807) is 31.4 Å². The monoisotopic (exact) mass is 252 g/mol. The van der Waals surface area contributed by atoms with Crippen molar-refractivity contribution < 1.29 is 19.1 Å². The lowest BCUT2D eigenvalue weighted by molar-refractivity contribution is -0.129. The molecule has 2 N–H and O–H groups in total. The number of hydrogen-bond donors (Lipinski definition) is 2. The van der Waals surface area contributed by atoms with E-state index in [1.165, 1.54) is 14.1 Å². The molecule has 0 bridgehead atoms. The highest BCUT2D eigenvalue weighted by Gasteiger charge is 2.23. The molecular weight excluding hydrogens is 236 g/mol. The van der Waals surface area contributed by atoms with Crippen LogP contribution in [0.1, 0.15) is 11.7 Å². The summed E-state index contributed by atoms with van der Waals surface area (Å²) in [5, 5.41) is 4.75. The molecule has 98 valence electrons. The zero-order valence-electron chi connectivity index (χ0n) is 10.5. The molecule has 6 nitrogen and oxygen atoms in total. The second kappa shape index (κ2) is 6.48. The fourth-order valence-corrected chi connectivity index (χ4v) is 1.35. The molecule has 1 aromatic carbocycles. The van der Waals surface area contributed by atoms with E-state index in [-0.39, 0.29) is 0 Å². The molecule has 6 heteroatoms. The molecular formula is C12H16N2O4. The van der Waals surface area contributed by atoms with Crippen molar-refractivity contribution in [1.29, 1.82) is 0 Å². The van der Waals surface area contributed by atoms with Crippen LogP contribution in [0.5, 0.6) is 5.75 Å². The molecule has 0 aromatic heterocycles. The fraction of sp³-hybridized carbons (Fsp3) is 0.333. The first-order valence-electron chi connectivity index (χ1n) is 5.36. The maximum absolute atomic E-state index is 11.7. The number of carbonyl (C=O) groups is 2. The molecule has 0 aliphatic heterocycles. The van der Waals surface area contributed by atoms with E-state index in [9.17, 15) is 9.59 Å². The summed E-state index contributed by atoms with van der Waals surface area (Å²) < 4.78 is 10.0. The summed E-state index contributed by atoms with van der Waals surface area (Å²) in [4.78, 5) is 22.9. The number of carbonyl (C=O) groups excluding carboxylic acids is 2. The lowest BCUT2D eigenvalue weighted by atomic mass is 10.1. The molecule has 0 radical (unpaired) electrons. The zero-order chi connectivity index (χ0) is 13.5. The van der Waals surface area contributed by atoms with Crippen LogP contribution in [0, 0.1) is 0 Å². The van der Waals surface area contributed by atoms with Crippen molar-refractivity contribution in [2.24, 2.45) is 0 Å². The fourth-order valence-electron chi connectivity index (χ4n) is 1.35. The second-order valence-electron chi connectivity index (χ2n) is 3.42. The molecule has 0 aliphatic rings. The van der Waals surface area contributed by atoms with Crippen LogP contribution in [-0.2, 0) is 9.53 Å². The Morgan fingerprint density at radius 3 is 2.17 bits per heavy atom. The number of benzene rings is 1. The summed E-state index contributed by atoms with van der Waals surface area (Å²) in [5.41, 5.74) is 0.568. The van der Waals surface area contributed by atoms with Crippen molar-refractivity contribution in [3.63, 3.8) is 0 Å². The molecule has 0 saturated carbocycles. The average molecular weight is 252 g/mol. The summed E-state index contributed by atoms with van der Waals surface area (Å²) in [6, 6.07) is 6.72. The summed E-state index contributed by atoms with van der Waals surface area (Å²) >= 11 is 0. The molecule has 0 aliphatic carbocycles. The van der Waals surface area contributed by atoms with Gasteiger partial charge in [0, 0.05) is 19.7 Å². The number of rotatable bonds is 4. The van der Waals surface area contributed by atoms with Gasteiger partial charge in [0.05, 0.1) is 7.11 Å². The highest BCUT2D eigenvalue weighted by molar-refractivity contribution is 5.84. The molecule has 0 heterocycles. The predicted molar refractivity (Wildman–Crippen MR) is 65.3 cm³/mol. The summed E-state index contributed by atoms with van der Waals surface area (Å²) in [6.07, 6.45) is -1.65. The lowest BCUT2D eigenvalue weighted by Crippen LogP contribution is -2.32. The van der Waals surface area contributed by atoms with Crippen molar-refractivity contribution in [3.05, 3.63) is 29.8 Å². The highest BCUT2D eigenvalue weighted by atomic mass is 16.6. The van der Waals surface area contributed by atoms with Gasteiger partial charge in [-0.25, -0.2) is 4.79 Å². The van der Waals surface area contributed by atoms with Crippen molar-refractivity contribution in [2.45, 2.75) is 6.10 Å². The Balaban J connectivity index is 2.93. The smallest absolute Gasteiger partial charge is 0.408 e. The van der Waals surface area contributed by atoms with Crippen LogP contribution in [0.2, 0.25) is 0 Å². The average Bonchev–Trinajstić information content (AvgIpc) is 2.43. The maximum atomic E-state index is 11.7. The van der Waals surface area contributed by atoms with Crippen LogP contribution in [-0.4, -0.2) is 33.2 Å². The highest BCUT2D eigenvalue weighted by Crippen LogP contribution is 2.21. The Bertz CT molecular complexity index is 417. The van der Waals surface area contributed by atoms with Crippen LogP contribution in [0.3, 0.4) is 0 Å². The van der Waals surface area contributed by atoms with Gasteiger partial charge in [0.15, 0.2) is 0 Å². The minimum Gasteiger partial charge on any atom is -0.497 e. The number of amides is 2. The van der Waals surface area contributed by atoms with Crippen LogP contribution in [0.4, 0.5) is 4.79 Å². The van der Waals surface area contributed by atoms with Crippen molar-refractivity contribution >= 4 is 12.0 Å². The summed E-state index contributed by atoms with van der Waals surface area (Å²) in [7, 11) is 4.45. The van der Waals surface area contributed by atoms with Crippen molar-refractivity contribution in [2.75, 3.05) is 21.2 Å². The number of alkyl carbamates (subject to hydrolysis) is 1. The van der Waals surface area contributed by atoms with E-state index in [1.807, 2.05) is 0 Å². The molecule has 1 rings (SSSR count). The topological polar surface area (TPSA) is 76.7 Å². The van der Waals surface area contributed by atoms with E-state index in [0.717, 1.165) is 0 Å². The van der Waals surface area contributed by atoms with Gasteiger partial charge in [-0.15, -0.1) is 0 Å². The van der Waals surface area contributed by atoms with E-state index in [0.29, 0.717) is 11.3 Å². The largest absolute Gasteiger partial charge is 0.497 e. The minimum atomic E-state index is -0.985. The molecule has 0 fully saturated rings. The van der Waals surface area contributed by atoms with Crippen LogP contribution in [0.15, 0.2) is 24.3 Å². The van der Waals surface area contributed by atoms with Gasteiger partial charge in [0.2, 0.25) is 6.10 Å². The van der Waals surface area contributed by atoms with E-state index in [4.69, 9.17) is 9.47 Å². The van der Waals surface area contributed by atoms with Gasteiger partial charge in [-0.1, -0.05) is 12.1 Å². The molecule has 0 saturated heterocycles. The van der Waals surface area contributed by atoms with Gasteiger partial charge in [0.25, 0.3) is 5.91 Å². The predicted octanol–water partition coefficient (Wildman–Crippen LogP) is 0.838. The molecule has 18 heavy (non-hydrogen) atoms. The third-order valence-corrected chi connectivity index (χ3v) is 2.33. The number of ether oxygens (including phenoxy) is 2. The van der Waals surface area contributed by atoms with E-state index in [2.05, 4.69) is 10.6 Å².